The molecule has 3 rings (SSSR count). The Balaban J connectivity index is 1.83. The second kappa shape index (κ2) is 5.53. The first kappa shape index (κ1) is 13.6. The normalized spacial score (nSPS) is 22.6. The smallest absolute Gasteiger partial charge is 0.134 e. The number of rotatable bonds is 3. The summed E-state index contributed by atoms with van der Waals surface area (Å²) in [5.74, 6) is 0. The minimum Gasteiger partial charge on any atom is -0.314 e. The number of hydrogen-bond donors (Lipinski definition) is 1. The van der Waals surface area contributed by atoms with Crippen LogP contribution >= 0.6 is 0 Å². The van der Waals surface area contributed by atoms with Gasteiger partial charge in [-0.3, -0.25) is 0 Å². The number of piperidine rings is 1. The molecule has 2 atom stereocenters. The predicted molar refractivity (Wildman–Crippen MR) is 82.7 cm³/mol. The summed E-state index contributed by atoms with van der Waals surface area (Å²) in [7, 11) is 0. The Morgan fingerprint density at radius 1 is 1.15 bits per heavy atom. The standard InChI is InChI=1S/C18H22FN/c1-18(19,13-17-8-4-5-11-20-17)16-10-9-14-6-2-3-7-15(14)12-16/h2-3,6-7,9-10,12,17,20H,4-5,8,11,13H2,1H3. The third-order valence-corrected chi connectivity index (χ3v) is 4.39. The van der Waals surface area contributed by atoms with Crippen molar-refractivity contribution in [1.82, 2.24) is 5.32 Å². The molecule has 2 heteroatoms. The molecule has 0 radical (unpaired) electrons. The minimum absolute atomic E-state index is 0.310. The van der Waals surface area contributed by atoms with Crippen LogP contribution in [0, 0.1) is 0 Å². The van der Waals surface area contributed by atoms with Crippen LogP contribution in [-0.2, 0) is 5.67 Å². The van der Waals surface area contributed by atoms with Gasteiger partial charge in [0.15, 0.2) is 0 Å². The zero-order valence-electron chi connectivity index (χ0n) is 12.0. The second-order valence-electron chi connectivity index (χ2n) is 6.11. The third kappa shape index (κ3) is 2.85. The maximum atomic E-state index is 15.1. The highest BCUT2D eigenvalue weighted by molar-refractivity contribution is 5.83. The Kier molecular flexibility index (Phi) is 3.75. The van der Waals surface area contributed by atoms with Crippen molar-refractivity contribution in [3.63, 3.8) is 0 Å². The van der Waals surface area contributed by atoms with E-state index in [1.165, 1.54) is 18.2 Å². The number of benzene rings is 2. The fraction of sp³-hybridized carbons (Fsp3) is 0.444. The lowest BCUT2D eigenvalue weighted by Gasteiger charge is -2.30. The lowest BCUT2D eigenvalue weighted by Crippen LogP contribution is -2.38. The monoisotopic (exact) mass is 271 g/mol. The van der Waals surface area contributed by atoms with Crippen LogP contribution in [-0.4, -0.2) is 12.6 Å². The van der Waals surface area contributed by atoms with Crippen LogP contribution in [0.15, 0.2) is 42.5 Å². The molecular formula is C18H22FN. The van der Waals surface area contributed by atoms with Gasteiger partial charge in [-0.1, -0.05) is 42.8 Å². The van der Waals surface area contributed by atoms with Crippen molar-refractivity contribution in [2.24, 2.45) is 0 Å². The molecule has 0 spiro atoms. The minimum atomic E-state index is -1.26. The number of alkyl halides is 1. The second-order valence-corrected chi connectivity index (χ2v) is 6.11. The molecule has 0 amide bonds. The van der Waals surface area contributed by atoms with E-state index in [1.807, 2.05) is 36.4 Å². The van der Waals surface area contributed by atoms with Crippen LogP contribution in [0.5, 0.6) is 0 Å². The van der Waals surface area contributed by atoms with E-state index in [9.17, 15) is 0 Å². The van der Waals surface area contributed by atoms with Gasteiger partial charge in [0, 0.05) is 12.5 Å². The molecule has 1 saturated heterocycles. The fourth-order valence-corrected chi connectivity index (χ4v) is 3.19. The fourth-order valence-electron chi connectivity index (χ4n) is 3.19. The van der Waals surface area contributed by atoms with Crippen LogP contribution in [0.4, 0.5) is 4.39 Å². The van der Waals surface area contributed by atoms with Crippen LogP contribution in [0.1, 0.15) is 38.2 Å². The highest BCUT2D eigenvalue weighted by Gasteiger charge is 2.30. The van der Waals surface area contributed by atoms with E-state index < -0.39 is 5.67 Å². The SMILES string of the molecule is CC(F)(CC1CCCCN1)c1ccc2ccccc2c1. The summed E-state index contributed by atoms with van der Waals surface area (Å²) in [6, 6.07) is 14.4. The van der Waals surface area contributed by atoms with E-state index in [-0.39, 0.29) is 0 Å². The number of hydrogen-bond acceptors (Lipinski definition) is 1. The van der Waals surface area contributed by atoms with Gasteiger partial charge in [-0.25, -0.2) is 4.39 Å². The Labute approximate surface area is 120 Å². The van der Waals surface area contributed by atoms with E-state index >= 15 is 4.39 Å². The van der Waals surface area contributed by atoms with Gasteiger partial charge in [0.2, 0.25) is 0 Å². The molecule has 1 nitrogen and oxygen atoms in total. The lowest BCUT2D eigenvalue weighted by atomic mass is 9.87. The summed E-state index contributed by atoms with van der Waals surface area (Å²) < 4.78 is 15.1. The molecular weight excluding hydrogens is 249 g/mol. The lowest BCUT2D eigenvalue weighted by molar-refractivity contribution is 0.146. The summed E-state index contributed by atoms with van der Waals surface area (Å²) in [5.41, 5.74) is -0.470. The van der Waals surface area contributed by atoms with Crippen LogP contribution in [0.25, 0.3) is 10.8 Å². The van der Waals surface area contributed by atoms with E-state index in [0.29, 0.717) is 12.5 Å². The first-order valence-corrected chi connectivity index (χ1v) is 7.57. The molecule has 2 aromatic rings. The largest absolute Gasteiger partial charge is 0.314 e. The summed E-state index contributed by atoms with van der Waals surface area (Å²) in [4.78, 5) is 0. The quantitative estimate of drug-likeness (QED) is 0.863. The van der Waals surface area contributed by atoms with E-state index in [4.69, 9.17) is 0 Å². The van der Waals surface area contributed by atoms with E-state index in [0.717, 1.165) is 23.9 Å². The van der Waals surface area contributed by atoms with Crippen LogP contribution in [0.2, 0.25) is 0 Å². The van der Waals surface area contributed by atoms with Crippen LogP contribution < -0.4 is 5.32 Å². The van der Waals surface area contributed by atoms with Gasteiger partial charge < -0.3 is 5.32 Å². The Bertz CT molecular complexity index is 585. The molecule has 1 aliphatic heterocycles. The first-order chi connectivity index (χ1) is 9.65. The first-order valence-electron chi connectivity index (χ1n) is 7.57. The topological polar surface area (TPSA) is 12.0 Å². The molecule has 2 aromatic carbocycles. The third-order valence-electron chi connectivity index (χ3n) is 4.39. The maximum absolute atomic E-state index is 15.1. The van der Waals surface area contributed by atoms with Crippen molar-refractivity contribution < 1.29 is 4.39 Å². The average molecular weight is 271 g/mol. The summed E-state index contributed by atoms with van der Waals surface area (Å²) in [6.07, 6.45) is 4.08. The molecule has 20 heavy (non-hydrogen) atoms. The van der Waals surface area contributed by atoms with E-state index in [2.05, 4.69) is 11.4 Å². The number of nitrogens with one attached hydrogen (secondary N) is 1. The summed E-state index contributed by atoms with van der Waals surface area (Å²) >= 11 is 0. The molecule has 0 bridgehead atoms. The molecule has 0 aromatic heterocycles. The van der Waals surface area contributed by atoms with Crippen molar-refractivity contribution in [3.8, 4) is 0 Å². The van der Waals surface area contributed by atoms with Gasteiger partial charge in [-0.2, -0.15) is 0 Å². The zero-order chi connectivity index (χ0) is 14.0. The molecule has 1 heterocycles. The number of fused-ring (bicyclic) bond motifs is 1. The van der Waals surface area contributed by atoms with Gasteiger partial charge >= 0.3 is 0 Å². The Hall–Kier alpha value is -1.41. The molecule has 106 valence electrons. The zero-order valence-corrected chi connectivity index (χ0v) is 12.0. The van der Waals surface area contributed by atoms with E-state index in [1.54, 1.807) is 6.92 Å². The van der Waals surface area contributed by atoms with Gasteiger partial charge in [-0.15, -0.1) is 0 Å². The molecule has 2 unspecified atom stereocenters. The van der Waals surface area contributed by atoms with Gasteiger partial charge in [0.1, 0.15) is 5.67 Å². The van der Waals surface area contributed by atoms with Crippen LogP contribution in [0.3, 0.4) is 0 Å². The van der Waals surface area contributed by atoms with Crippen molar-refractivity contribution >= 4 is 10.8 Å². The van der Waals surface area contributed by atoms with Gasteiger partial charge in [-0.05, 0) is 48.7 Å². The molecule has 1 fully saturated rings. The molecule has 0 aliphatic carbocycles. The highest BCUT2D eigenvalue weighted by atomic mass is 19.1. The molecule has 1 N–H and O–H groups in total. The molecule has 1 aliphatic rings. The van der Waals surface area contributed by atoms with Crippen molar-refractivity contribution in [2.45, 2.75) is 44.3 Å². The summed E-state index contributed by atoms with van der Waals surface area (Å²) in [6.45, 7) is 2.74. The predicted octanol–water partition coefficient (Wildman–Crippen LogP) is 4.56. The Morgan fingerprint density at radius 3 is 2.70 bits per heavy atom. The van der Waals surface area contributed by atoms with Crippen molar-refractivity contribution in [2.75, 3.05) is 6.54 Å². The summed E-state index contributed by atoms with van der Waals surface area (Å²) in [5, 5.41) is 5.73. The number of halogens is 1. The Morgan fingerprint density at radius 2 is 1.95 bits per heavy atom. The van der Waals surface area contributed by atoms with Crippen molar-refractivity contribution in [3.05, 3.63) is 48.0 Å². The maximum Gasteiger partial charge on any atom is 0.134 e. The highest BCUT2D eigenvalue weighted by Crippen LogP contribution is 2.34. The van der Waals surface area contributed by atoms with Gasteiger partial charge in [0.05, 0.1) is 0 Å². The molecule has 0 saturated carbocycles. The average Bonchev–Trinajstić information content (AvgIpc) is 2.47. The van der Waals surface area contributed by atoms with Gasteiger partial charge in [0.25, 0.3) is 0 Å². The van der Waals surface area contributed by atoms with Crippen molar-refractivity contribution in [1.29, 1.82) is 0 Å².